The van der Waals surface area contributed by atoms with Gasteiger partial charge in [-0.25, -0.2) is 0 Å². The fraction of sp³-hybridized carbons (Fsp3) is 0.381. The van der Waals surface area contributed by atoms with E-state index in [1.807, 2.05) is 35.2 Å². The van der Waals surface area contributed by atoms with Gasteiger partial charge in [0.25, 0.3) is 0 Å². The van der Waals surface area contributed by atoms with E-state index in [-0.39, 0.29) is 24.4 Å². The van der Waals surface area contributed by atoms with Gasteiger partial charge in [-0.2, -0.15) is 0 Å². The van der Waals surface area contributed by atoms with E-state index in [1.165, 1.54) is 11.1 Å². The highest BCUT2D eigenvalue weighted by Crippen LogP contribution is 2.15. The molecule has 1 aliphatic rings. The van der Waals surface area contributed by atoms with Gasteiger partial charge in [0.2, 0.25) is 5.91 Å². The molecule has 0 saturated carbocycles. The molecule has 0 aliphatic carbocycles. The molecule has 1 unspecified atom stereocenters. The second-order valence-electron chi connectivity index (χ2n) is 6.59. The first kappa shape index (κ1) is 20.4. The van der Waals surface area contributed by atoms with E-state index < -0.39 is 0 Å². The van der Waals surface area contributed by atoms with Crippen LogP contribution < -0.4 is 5.32 Å². The van der Waals surface area contributed by atoms with Gasteiger partial charge in [0, 0.05) is 32.1 Å². The average molecular weight is 375 g/mol. The molecular formula is C21H27ClN2O2. The maximum atomic E-state index is 13.0. The maximum Gasteiger partial charge on any atom is 0.224 e. The summed E-state index contributed by atoms with van der Waals surface area (Å²) >= 11 is 0. The van der Waals surface area contributed by atoms with Gasteiger partial charge in [0.05, 0.1) is 13.2 Å². The van der Waals surface area contributed by atoms with Gasteiger partial charge in [0.1, 0.15) is 0 Å². The summed E-state index contributed by atoms with van der Waals surface area (Å²) in [5.41, 5.74) is 3.56. The number of carbonyl (C=O) groups is 1. The molecule has 1 aliphatic heterocycles. The number of hydrogen-bond acceptors (Lipinski definition) is 3. The smallest absolute Gasteiger partial charge is 0.224 e. The maximum absolute atomic E-state index is 13.0. The van der Waals surface area contributed by atoms with E-state index in [2.05, 4.69) is 36.5 Å². The lowest BCUT2D eigenvalue weighted by Crippen LogP contribution is -2.45. The molecule has 1 heterocycles. The van der Waals surface area contributed by atoms with Gasteiger partial charge < -0.3 is 15.0 Å². The van der Waals surface area contributed by atoms with Crippen molar-refractivity contribution in [3.63, 3.8) is 0 Å². The molecule has 26 heavy (non-hydrogen) atoms. The summed E-state index contributed by atoms with van der Waals surface area (Å²) in [7, 11) is 0. The minimum Gasteiger partial charge on any atom is -0.378 e. The molecule has 2 aromatic rings. The normalized spacial score (nSPS) is 16.6. The molecule has 0 spiro atoms. The van der Waals surface area contributed by atoms with Crippen molar-refractivity contribution in [3.8, 4) is 0 Å². The third-order valence-electron chi connectivity index (χ3n) is 4.61. The third kappa shape index (κ3) is 5.84. The summed E-state index contributed by atoms with van der Waals surface area (Å²) in [5.74, 6) is 0.162. The Balaban J connectivity index is 0.00000243. The van der Waals surface area contributed by atoms with Crippen LogP contribution in [0.4, 0.5) is 0 Å². The van der Waals surface area contributed by atoms with Gasteiger partial charge in [-0.1, -0.05) is 54.6 Å². The Kier molecular flexibility index (Phi) is 8.10. The number of benzene rings is 2. The first-order chi connectivity index (χ1) is 12.2. The molecule has 5 heteroatoms. The van der Waals surface area contributed by atoms with E-state index in [0.717, 1.165) is 18.7 Å². The number of nitrogens with zero attached hydrogens (tertiary/aromatic N) is 1. The van der Waals surface area contributed by atoms with Crippen LogP contribution in [0.2, 0.25) is 0 Å². The van der Waals surface area contributed by atoms with Gasteiger partial charge >= 0.3 is 0 Å². The van der Waals surface area contributed by atoms with Crippen LogP contribution >= 0.6 is 12.4 Å². The predicted molar refractivity (Wildman–Crippen MR) is 106 cm³/mol. The number of nitrogens with one attached hydrogen (secondary N) is 1. The number of ether oxygens (including phenoxy) is 1. The predicted octanol–water partition coefficient (Wildman–Crippen LogP) is 3.32. The van der Waals surface area contributed by atoms with E-state index in [4.69, 9.17) is 4.74 Å². The van der Waals surface area contributed by atoms with Crippen molar-refractivity contribution >= 4 is 18.3 Å². The lowest BCUT2D eigenvalue weighted by Gasteiger charge is -2.28. The Morgan fingerprint density at radius 2 is 1.85 bits per heavy atom. The van der Waals surface area contributed by atoms with Crippen LogP contribution in [0.1, 0.15) is 23.1 Å². The summed E-state index contributed by atoms with van der Waals surface area (Å²) in [4.78, 5) is 14.9. The monoisotopic (exact) mass is 374 g/mol. The lowest BCUT2D eigenvalue weighted by molar-refractivity contribution is -0.133. The summed E-state index contributed by atoms with van der Waals surface area (Å²) in [6, 6.07) is 18.5. The Bertz CT molecular complexity index is 687. The van der Waals surface area contributed by atoms with Crippen LogP contribution in [0, 0.1) is 6.92 Å². The number of halogens is 1. The zero-order chi connectivity index (χ0) is 17.5. The summed E-state index contributed by atoms with van der Waals surface area (Å²) < 4.78 is 5.49. The number of morpholine rings is 1. The lowest BCUT2D eigenvalue weighted by atomic mass is 10.1. The molecule has 1 fully saturated rings. The summed E-state index contributed by atoms with van der Waals surface area (Å²) in [5, 5.41) is 3.37. The van der Waals surface area contributed by atoms with Crippen molar-refractivity contribution in [2.75, 3.05) is 19.8 Å². The number of aryl methyl sites for hydroxylation is 1. The summed E-state index contributed by atoms with van der Waals surface area (Å²) in [6.45, 7) is 5.50. The van der Waals surface area contributed by atoms with Crippen molar-refractivity contribution in [2.24, 2.45) is 0 Å². The van der Waals surface area contributed by atoms with E-state index >= 15 is 0 Å². The molecular weight excluding hydrogens is 348 g/mol. The zero-order valence-corrected chi connectivity index (χ0v) is 16.0. The Morgan fingerprint density at radius 3 is 2.54 bits per heavy atom. The topological polar surface area (TPSA) is 41.6 Å². The minimum absolute atomic E-state index is 0. The average Bonchev–Trinajstić information content (AvgIpc) is 2.64. The minimum atomic E-state index is 0. The van der Waals surface area contributed by atoms with Crippen LogP contribution in [-0.4, -0.2) is 36.6 Å². The Hall–Kier alpha value is -1.88. The third-order valence-corrected chi connectivity index (χ3v) is 4.61. The molecule has 0 bridgehead atoms. The van der Waals surface area contributed by atoms with Crippen LogP contribution in [-0.2, 0) is 22.6 Å². The molecule has 1 amide bonds. The highest BCUT2D eigenvalue weighted by atomic mass is 35.5. The number of hydrogen-bond donors (Lipinski definition) is 1. The standard InChI is InChI=1S/C21H26N2O2.ClH/c1-17-7-5-6-10-19(17)15-23(14-18-8-3-2-4-9-18)21(24)13-20-16-25-12-11-22-20;/h2-10,20,22H,11-16H2,1H3;1H. The zero-order valence-electron chi connectivity index (χ0n) is 15.2. The molecule has 2 aromatic carbocycles. The van der Waals surface area contributed by atoms with Gasteiger partial charge in [-0.3, -0.25) is 4.79 Å². The number of amides is 1. The number of carbonyl (C=O) groups excluding carboxylic acids is 1. The fourth-order valence-electron chi connectivity index (χ4n) is 3.12. The van der Waals surface area contributed by atoms with Crippen molar-refractivity contribution in [3.05, 3.63) is 71.3 Å². The largest absolute Gasteiger partial charge is 0.378 e. The highest BCUT2D eigenvalue weighted by Gasteiger charge is 2.22. The van der Waals surface area contributed by atoms with E-state index in [1.54, 1.807) is 0 Å². The van der Waals surface area contributed by atoms with Gasteiger partial charge in [-0.15, -0.1) is 12.4 Å². The van der Waals surface area contributed by atoms with Crippen LogP contribution in [0.3, 0.4) is 0 Å². The molecule has 1 atom stereocenters. The molecule has 1 saturated heterocycles. The van der Waals surface area contributed by atoms with Crippen molar-refractivity contribution in [2.45, 2.75) is 32.5 Å². The van der Waals surface area contributed by atoms with E-state index in [0.29, 0.717) is 26.1 Å². The summed E-state index contributed by atoms with van der Waals surface area (Å²) in [6.07, 6.45) is 0.471. The van der Waals surface area contributed by atoms with Gasteiger partial charge in [0.15, 0.2) is 0 Å². The van der Waals surface area contributed by atoms with E-state index in [9.17, 15) is 4.79 Å². The fourth-order valence-corrected chi connectivity index (χ4v) is 3.12. The molecule has 1 N–H and O–H groups in total. The van der Waals surface area contributed by atoms with Crippen LogP contribution in [0.15, 0.2) is 54.6 Å². The first-order valence-corrected chi connectivity index (χ1v) is 8.89. The first-order valence-electron chi connectivity index (χ1n) is 8.89. The second kappa shape index (κ2) is 10.3. The highest BCUT2D eigenvalue weighted by molar-refractivity contribution is 5.85. The second-order valence-corrected chi connectivity index (χ2v) is 6.59. The quantitative estimate of drug-likeness (QED) is 0.843. The van der Waals surface area contributed by atoms with Crippen LogP contribution in [0.5, 0.6) is 0 Å². The van der Waals surface area contributed by atoms with Crippen molar-refractivity contribution in [1.82, 2.24) is 10.2 Å². The Morgan fingerprint density at radius 1 is 1.12 bits per heavy atom. The van der Waals surface area contributed by atoms with Crippen LogP contribution in [0.25, 0.3) is 0 Å². The molecule has 0 aromatic heterocycles. The Labute approximate surface area is 162 Å². The number of rotatable bonds is 6. The van der Waals surface area contributed by atoms with Crippen molar-refractivity contribution in [1.29, 1.82) is 0 Å². The molecule has 140 valence electrons. The molecule has 0 radical (unpaired) electrons. The van der Waals surface area contributed by atoms with Gasteiger partial charge in [-0.05, 0) is 23.6 Å². The SMILES string of the molecule is Cc1ccccc1CN(Cc1ccccc1)C(=O)CC1COCCN1.Cl. The molecule has 3 rings (SSSR count). The molecule has 4 nitrogen and oxygen atoms in total. The van der Waals surface area contributed by atoms with Crippen molar-refractivity contribution < 1.29 is 9.53 Å².